The summed E-state index contributed by atoms with van der Waals surface area (Å²) in [5.74, 6) is 0.406. The van der Waals surface area contributed by atoms with E-state index in [-0.39, 0.29) is 18.6 Å². The van der Waals surface area contributed by atoms with E-state index in [2.05, 4.69) is 15.6 Å². The van der Waals surface area contributed by atoms with E-state index < -0.39 is 6.03 Å². The van der Waals surface area contributed by atoms with Crippen molar-refractivity contribution in [3.63, 3.8) is 0 Å². The summed E-state index contributed by atoms with van der Waals surface area (Å²) in [4.78, 5) is 31.0. The van der Waals surface area contributed by atoms with Gasteiger partial charge in [-0.1, -0.05) is 6.07 Å². The standard InChI is InChI=1S/C19H20N4O3/c24-11-12-7-8-20-16(10-12)22-19(26)21-14-5-3-4-13-17(14)15-6-1-2-9-23(15)18(13)25/h3-5,7-8,10,15,24H,1-2,6,9,11H2,(H2,20,21,22,26). The molecule has 0 radical (unpaired) electrons. The molecule has 7 nitrogen and oxygen atoms in total. The summed E-state index contributed by atoms with van der Waals surface area (Å²) in [5.41, 5.74) is 2.90. The van der Waals surface area contributed by atoms with Gasteiger partial charge in [0.25, 0.3) is 5.91 Å². The number of hydrogen-bond donors (Lipinski definition) is 3. The third-order valence-electron chi connectivity index (χ3n) is 4.93. The number of hydrogen-bond acceptors (Lipinski definition) is 4. The van der Waals surface area contributed by atoms with Gasteiger partial charge in [-0.2, -0.15) is 0 Å². The number of fused-ring (bicyclic) bond motifs is 3. The van der Waals surface area contributed by atoms with E-state index in [9.17, 15) is 14.7 Å². The molecule has 3 amide bonds. The third kappa shape index (κ3) is 2.90. The zero-order valence-corrected chi connectivity index (χ0v) is 14.2. The van der Waals surface area contributed by atoms with Gasteiger partial charge in [0.15, 0.2) is 0 Å². The fourth-order valence-electron chi connectivity index (χ4n) is 3.76. The van der Waals surface area contributed by atoms with Crippen LogP contribution in [-0.4, -0.2) is 33.5 Å². The van der Waals surface area contributed by atoms with Crippen LogP contribution in [0, 0.1) is 0 Å². The molecule has 3 heterocycles. The molecule has 2 aliphatic heterocycles. The van der Waals surface area contributed by atoms with E-state index in [1.54, 1.807) is 18.2 Å². The van der Waals surface area contributed by atoms with Gasteiger partial charge in [-0.25, -0.2) is 9.78 Å². The average molecular weight is 352 g/mol. The summed E-state index contributed by atoms with van der Waals surface area (Å²) in [6.07, 6.45) is 4.54. The number of amides is 3. The molecule has 2 aromatic rings. The fourth-order valence-corrected chi connectivity index (χ4v) is 3.76. The Morgan fingerprint density at radius 1 is 1.27 bits per heavy atom. The third-order valence-corrected chi connectivity index (χ3v) is 4.93. The molecule has 4 rings (SSSR count). The average Bonchev–Trinajstić information content (AvgIpc) is 2.96. The Labute approximate surface area is 151 Å². The van der Waals surface area contributed by atoms with Gasteiger partial charge in [0.05, 0.1) is 12.6 Å². The van der Waals surface area contributed by atoms with E-state index in [1.807, 2.05) is 17.0 Å². The summed E-state index contributed by atoms with van der Waals surface area (Å²) >= 11 is 0. The van der Waals surface area contributed by atoms with E-state index in [4.69, 9.17) is 0 Å². The molecule has 134 valence electrons. The Kier molecular flexibility index (Phi) is 4.30. The molecule has 26 heavy (non-hydrogen) atoms. The van der Waals surface area contributed by atoms with Crippen molar-refractivity contribution in [1.82, 2.24) is 9.88 Å². The van der Waals surface area contributed by atoms with Crippen LogP contribution in [0.3, 0.4) is 0 Å². The zero-order valence-electron chi connectivity index (χ0n) is 14.2. The van der Waals surface area contributed by atoms with Crippen molar-refractivity contribution in [3.05, 3.63) is 53.2 Å². The molecular weight excluding hydrogens is 332 g/mol. The smallest absolute Gasteiger partial charge is 0.324 e. The van der Waals surface area contributed by atoms with Gasteiger partial charge >= 0.3 is 6.03 Å². The van der Waals surface area contributed by atoms with Crippen molar-refractivity contribution in [3.8, 4) is 0 Å². The Morgan fingerprint density at radius 2 is 2.15 bits per heavy atom. The Morgan fingerprint density at radius 3 is 3.00 bits per heavy atom. The lowest BCUT2D eigenvalue weighted by molar-refractivity contribution is 0.0672. The first-order chi connectivity index (χ1) is 12.7. The first-order valence-corrected chi connectivity index (χ1v) is 8.75. The van der Waals surface area contributed by atoms with Crippen molar-refractivity contribution in [1.29, 1.82) is 0 Å². The molecule has 1 aromatic heterocycles. The van der Waals surface area contributed by atoms with Gasteiger partial charge in [-0.05, 0) is 49.1 Å². The molecule has 0 spiro atoms. The first kappa shape index (κ1) is 16.5. The van der Waals surface area contributed by atoms with E-state index in [0.717, 1.165) is 31.4 Å². The SMILES string of the molecule is O=C(Nc1cc(CO)ccn1)Nc1cccc2c1C1CCCCN1C2=O. The maximum Gasteiger partial charge on any atom is 0.324 e. The number of carbonyl (C=O) groups excluding carboxylic acids is 2. The van der Waals surface area contributed by atoms with Gasteiger partial charge in [0, 0.05) is 29.6 Å². The van der Waals surface area contributed by atoms with E-state index >= 15 is 0 Å². The molecule has 1 unspecified atom stereocenters. The lowest BCUT2D eigenvalue weighted by atomic mass is 9.96. The monoisotopic (exact) mass is 352 g/mol. The largest absolute Gasteiger partial charge is 0.392 e. The van der Waals surface area contributed by atoms with Crippen LogP contribution in [0.5, 0.6) is 0 Å². The number of carbonyl (C=O) groups is 2. The number of benzene rings is 1. The molecule has 2 aliphatic rings. The highest BCUT2D eigenvalue weighted by atomic mass is 16.3. The lowest BCUT2D eigenvalue weighted by Crippen LogP contribution is -2.32. The second kappa shape index (κ2) is 6.76. The summed E-state index contributed by atoms with van der Waals surface area (Å²) in [7, 11) is 0. The highest BCUT2D eigenvalue weighted by Crippen LogP contribution is 2.43. The molecule has 1 aromatic carbocycles. The minimum absolute atomic E-state index is 0.0404. The molecule has 0 bridgehead atoms. The topological polar surface area (TPSA) is 94.6 Å². The van der Waals surface area contributed by atoms with Crippen molar-refractivity contribution in [2.24, 2.45) is 0 Å². The normalized spacial score (nSPS) is 18.3. The van der Waals surface area contributed by atoms with Gasteiger partial charge in [-0.3, -0.25) is 10.1 Å². The summed E-state index contributed by atoms with van der Waals surface area (Å²) in [5, 5.41) is 14.7. The molecule has 0 aliphatic carbocycles. The highest BCUT2D eigenvalue weighted by molar-refractivity contribution is 6.04. The van der Waals surface area contributed by atoms with Crippen LogP contribution >= 0.6 is 0 Å². The minimum atomic E-state index is -0.428. The molecular formula is C19H20N4O3. The minimum Gasteiger partial charge on any atom is -0.392 e. The number of rotatable bonds is 3. The van der Waals surface area contributed by atoms with Crippen molar-refractivity contribution in [2.75, 3.05) is 17.2 Å². The molecule has 3 N–H and O–H groups in total. The maximum atomic E-state index is 12.6. The van der Waals surface area contributed by atoms with Crippen molar-refractivity contribution in [2.45, 2.75) is 31.9 Å². The van der Waals surface area contributed by atoms with Crippen LogP contribution < -0.4 is 10.6 Å². The second-order valence-electron chi connectivity index (χ2n) is 6.56. The Bertz CT molecular complexity index is 868. The molecule has 0 saturated carbocycles. The van der Waals surface area contributed by atoms with Crippen LogP contribution in [0.25, 0.3) is 0 Å². The van der Waals surface area contributed by atoms with Crippen LogP contribution in [-0.2, 0) is 6.61 Å². The quantitative estimate of drug-likeness (QED) is 0.792. The van der Waals surface area contributed by atoms with Crippen LogP contribution in [0.4, 0.5) is 16.3 Å². The number of urea groups is 1. The van der Waals surface area contributed by atoms with Gasteiger partial charge in [0.1, 0.15) is 5.82 Å². The van der Waals surface area contributed by atoms with Crippen LogP contribution in [0.2, 0.25) is 0 Å². The molecule has 7 heteroatoms. The van der Waals surface area contributed by atoms with E-state index in [0.29, 0.717) is 22.6 Å². The maximum absolute atomic E-state index is 12.6. The first-order valence-electron chi connectivity index (χ1n) is 8.75. The predicted molar refractivity (Wildman–Crippen MR) is 96.9 cm³/mol. The van der Waals surface area contributed by atoms with Gasteiger partial charge < -0.3 is 15.3 Å². The number of aliphatic hydroxyl groups excluding tert-OH is 1. The Balaban J connectivity index is 1.56. The highest BCUT2D eigenvalue weighted by Gasteiger charge is 2.39. The number of piperidine rings is 1. The summed E-state index contributed by atoms with van der Waals surface area (Å²) in [6, 6.07) is 8.33. The molecule has 1 atom stereocenters. The number of aromatic nitrogens is 1. The number of nitrogens with zero attached hydrogens (tertiary/aromatic N) is 2. The van der Waals surface area contributed by atoms with E-state index in [1.165, 1.54) is 6.20 Å². The van der Waals surface area contributed by atoms with Crippen molar-refractivity contribution >= 4 is 23.4 Å². The van der Waals surface area contributed by atoms with Gasteiger partial charge in [-0.15, -0.1) is 0 Å². The lowest BCUT2D eigenvalue weighted by Gasteiger charge is -2.30. The predicted octanol–water partition coefficient (Wildman–Crippen LogP) is 2.90. The summed E-state index contributed by atoms with van der Waals surface area (Å²) in [6.45, 7) is 0.645. The zero-order chi connectivity index (χ0) is 18.1. The number of pyridine rings is 1. The number of aliphatic hydroxyl groups is 1. The van der Waals surface area contributed by atoms with Crippen molar-refractivity contribution < 1.29 is 14.7 Å². The van der Waals surface area contributed by atoms with Gasteiger partial charge in [0.2, 0.25) is 0 Å². The molecule has 1 saturated heterocycles. The number of nitrogens with one attached hydrogen (secondary N) is 2. The number of anilines is 2. The summed E-state index contributed by atoms with van der Waals surface area (Å²) < 4.78 is 0. The fraction of sp³-hybridized carbons (Fsp3) is 0.316. The van der Waals surface area contributed by atoms with Crippen LogP contribution in [0.1, 0.15) is 46.8 Å². The second-order valence-corrected chi connectivity index (χ2v) is 6.56. The Hall–Kier alpha value is -2.93. The molecule has 1 fully saturated rings. The van der Waals surface area contributed by atoms with Crippen LogP contribution in [0.15, 0.2) is 36.5 Å².